The molecule has 7 nitrogen and oxygen atoms in total. The molecule has 2 aliphatic heterocycles. The van der Waals surface area contributed by atoms with Crippen molar-refractivity contribution in [1.29, 1.82) is 0 Å². The van der Waals surface area contributed by atoms with Crippen molar-refractivity contribution in [2.24, 2.45) is 5.92 Å². The molecule has 2 aromatic rings. The third kappa shape index (κ3) is 3.68. The summed E-state index contributed by atoms with van der Waals surface area (Å²) in [7, 11) is 0. The molecule has 1 aromatic carbocycles. The summed E-state index contributed by atoms with van der Waals surface area (Å²) in [6, 6.07) is 2.12. The van der Waals surface area contributed by atoms with Crippen molar-refractivity contribution in [3.05, 3.63) is 62.6 Å². The van der Waals surface area contributed by atoms with E-state index in [4.69, 9.17) is 0 Å². The summed E-state index contributed by atoms with van der Waals surface area (Å²) in [6.45, 7) is 4.08. The predicted octanol–water partition coefficient (Wildman–Crippen LogP) is 2.50. The molecule has 1 saturated heterocycles. The number of rotatable bonds is 3. The van der Waals surface area contributed by atoms with Gasteiger partial charge >= 0.3 is 0 Å². The first-order chi connectivity index (χ1) is 14.7. The number of hydrogen-bond donors (Lipinski definition) is 2. The number of halogens is 2. The van der Waals surface area contributed by atoms with Gasteiger partial charge in [-0.2, -0.15) is 0 Å². The van der Waals surface area contributed by atoms with Crippen LogP contribution in [0.1, 0.15) is 57.8 Å². The molecule has 31 heavy (non-hydrogen) atoms. The Labute approximate surface area is 177 Å². The van der Waals surface area contributed by atoms with Crippen LogP contribution in [0.3, 0.4) is 0 Å². The summed E-state index contributed by atoms with van der Waals surface area (Å²) < 4.78 is 29.6. The van der Waals surface area contributed by atoms with E-state index in [2.05, 4.69) is 5.32 Å². The Morgan fingerprint density at radius 2 is 1.87 bits per heavy atom. The maximum atomic E-state index is 14.0. The van der Waals surface area contributed by atoms with Gasteiger partial charge in [-0.1, -0.05) is 6.92 Å². The van der Waals surface area contributed by atoms with Crippen molar-refractivity contribution in [3.8, 4) is 5.75 Å². The van der Waals surface area contributed by atoms with E-state index in [-0.39, 0.29) is 28.8 Å². The van der Waals surface area contributed by atoms with E-state index in [1.807, 2.05) is 6.92 Å². The monoisotopic (exact) mass is 431 g/mol. The summed E-state index contributed by atoms with van der Waals surface area (Å²) in [5, 5.41) is 12.8. The molecule has 0 radical (unpaired) electrons. The van der Waals surface area contributed by atoms with Crippen molar-refractivity contribution in [3.63, 3.8) is 0 Å². The lowest BCUT2D eigenvalue weighted by Gasteiger charge is -2.34. The number of fused-ring (bicyclic) bond motifs is 4. The van der Waals surface area contributed by atoms with Crippen LogP contribution in [0.2, 0.25) is 0 Å². The fraction of sp³-hybridized carbons (Fsp3) is 0.409. The first-order valence-electron chi connectivity index (χ1n) is 10.2. The van der Waals surface area contributed by atoms with Gasteiger partial charge < -0.3 is 19.9 Å². The van der Waals surface area contributed by atoms with E-state index in [1.54, 1.807) is 11.8 Å². The molecule has 164 valence electrons. The predicted molar refractivity (Wildman–Crippen MR) is 108 cm³/mol. The Bertz CT molecular complexity index is 1120. The Hall–Kier alpha value is -3.23. The van der Waals surface area contributed by atoms with E-state index < -0.39 is 41.2 Å². The molecule has 2 N–H and O–H groups in total. The highest BCUT2D eigenvalue weighted by Gasteiger charge is 2.37. The van der Waals surface area contributed by atoms with Gasteiger partial charge in [0, 0.05) is 31.4 Å². The summed E-state index contributed by atoms with van der Waals surface area (Å²) >= 11 is 0. The van der Waals surface area contributed by atoms with Crippen LogP contribution in [0.25, 0.3) is 0 Å². The number of carbonyl (C=O) groups is 2. The van der Waals surface area contributed by atoms with Gasteiger partial charge in [0.2, 0.25) is 5.43 Å². The Kier molecular flexibility index (Phi) is 5.28. The number of hydrogen-bond acceptors (Lipinski definition) is 4. The SMILES string of the molecule is Cc1cc(F)c(CNC(=O)c2cn3c(c(O)c2=O)C(=O)N2CC(C)CCC3C2)c(F)c1. The minimum atomic E-state index is -0.991. The number of nitrogens with zero attached hydrogens (tertiary/aromatic N) is 2. The third-order valence-electron chi connectivity index (χ3n) is 6.01. The quantitative estimate of drug-likeness (QED) is 0.781. The Balaban J connectivity index is 1.67. The molecular weight excluding hydrogens is 408 g/mol. The second-order valence-corrected chi connectivity index (χ2v) is 8.41. The molecule has 0 spiro atoms. The molecule has 2 atom stereocenters. The van der Waals surface area contributed by atoms with E-state index in [9.17, 15) is 28.3 Å². The molecular formula is C22H23F2N3O4. The molecule has 9 heteroatoms. The van der Waals surface area contributed by atoms with Crippen molar-refractivity contribution in [1.82, 2.24) is 14.8 Å². The van der Waals surface area contributed by atoms with Gasteiger partial charge in [0.25, 0.3) is 11.8 Å². The number of benzene rings is 1. The van der Waals surface area contributed by atoms with Crippen LogP contribution in [0.4, 0.5) is 8.78 Å². The topological polar surface area (TPSA) is 91.6 Å². The van der Waals surface area contributed by atoms with E-state index >= 15 is 0 Å². The van der Waals surface area contributed by atoms with Gasteiger partial charge in [-0.15, -0.1) is 0 Å². The maximum Gasteiger partial charge on any atom is 0.274 e. The summed E-state index contributed by atoms with van der Waals surface area (Å²) in [6.07, 6.45) is 2.85. The maximum absolute atomic E-state index is 14.0. The first-order valence-corrected chi connectivity index (χ1v) is 10.2. The van der Waals surface area contributed by atoms with Crippen LogP contribution in [0, 0.1) is 24.5 Å². The average Bonchev–Trinajstić information content (AvgIpc) is 2.87. The summed E-state index contributed by atoms with van der Waals surface area (Å²) in [5.74, 6) is -3.45. The van der Waals surface area contributed by atoms with Gasteiger partial charge in [-0.25, -0.2) is 8.78 Å². The average molecular weight is 431 g/mol. The highest BCUT2D eigenvalue weighted by molar-refractivity contribution is 5.99. The first kappa shape index (κ1) is 21.0. The van der Waals surface area contributed by atoms with Crippen LogP contribution in [0.15, 0.2) is 23.1 Å². The molecule has 2 amide bonds. The lowest BCUT2D eigenvalue weighted by molar-refractivity contribution is 0.0662. The third-order valence-corrected chi connectivity index (χ3v) is 6.01. The number of aryl methyl sites for hydroxylation is 1. The molecule has 2 unspecified atom stereocenters. The molecule has 2 bridgehead atoms. The van der Waals surface area contributed by atoms with Gasteiger partial charge in [0.05, 0.1) is 6.04 Å². The number of aromatic nitrogens is 1. The molecule has 3 heterocycles. The van der Waals surface area contributed by atoms with Crippen LogP contribution in [0.5, 0.6) is 5.75 Å². The van der Waals surface area contributed by atoms with Crippen molar-refractivity contribution >= 4 is 11.8 Å². The molecule has 1 fully saturated rings. The zero-order valence-corrected chi connectivity index (χ0v) is 17.2. The standard InChI is InChI=1S/C22H23F2N3O4/c1-11-3-4-13-9-26(8-11)22(31)18-20(29)19(28)15(10-27(13)18)21(30)25-7-14-16(23)5-12(2)6-17(14)24/h5-6,10-11,13,29H,3-4,7-9H2,1-2H3,(H,25,30). The van der Waals surface area contributed by atoms with Crippen molar-refractivity contribution < 1.29 is 23.5 Å². The molecule has 0 saturated carbocycles. The molecule has 1 aromatic heterocycles. The normalized spacial score (nSPS) is 20.3. The number of nitrogens with one attached hydrogen (secondary N) is 1. The van der Waals surface area contributed by atoms with Gasteiger partial charge in [0.1, 0.15) is 17.2 Å². The fourth-order valence-corrected chi connectivity index (χ4v) is 4.35. The van der Waals surface area contributed by atoms with E-state index in [0.29, 0.717) is 18.7 Å². The Morgan fingerprint density at radius 1 is 1.19 bits per heavy atom. The highest BCUT2D eigenvalue weighted by Crippen LogP contribution is 2.33. The van der Waals surface area contributed by atoms with E-state index in [0.717, 1.165) is 25.0 Å². The van der Waals surface area contributed by atoms with E-state index in [1.165, 1.54) is 10.8 Å². The summed E-state index contributed by atoms with van der Waals surface area (Å²) in [4.78, 5) is 39.7. The highest BCUT2D eigenvalue weighted by atomic mass is 19.1. The van der Waals surface area contributed by atoms with Gasteiger partial charge in [-0.3, -0.25) is 14.4 Å². The number of pyridine rings is 1. The largest absolute Gasteiger partial charge is 0.503 e. The van der Waals surface area contributed by atoms with Crippen LogP contribution in [-0.4, -0.2) is 39.5 Å². The smallest absolute Gasteiger partial charge is 0.274 e. The number of carbonyl (C=O) groups excluding carboxylic acids is 2. The Morgan fingerprint density at radius 3 is 2.55 bits per heavy atom. The van der Waals surface area contributed by atoms with Crippen LogP contribution in [-0.2, 0) is 6.54 Å². The lowest BCUT2D eigenvalue weighted by Crippen LogP contribution is -2.45. The molecule has 2 aliphatic rings. The minimum Gasteiger partial charge on any atom is -0.503 e. The number of aromatic hydroxyl groups is 1. The zero-order chi connectivity index (χ0) is 22.4. The number of amides is 2. The lowest BCUT2D eigenvalue weighted by atomic mass is 10.0. The van der Waals surface area contributed by atoms with Crippen LogP contribution >= 0.6 is 0 Å². The van der Waals surface area contributed by atoms with Crippen molar-refractivity contribution in [2.45, 2.75) is 39.3 Å². The van der Waals surface area contributed by atoms with Crippen molar-refractivity contribution in [2.75, 3.05) is 13.1 Å². The second kappa shape index (κ2) is 7.79. The molecule has 4 rings (SSSR count). The second-order valence-electron chi connectivity index (χ2n) is 8.41. The fourth-order valence-electron chi connectivity index (χ4n) is 4.35. The zero-order valence-electron chi connectivity index (χ0n) is 17.2. The van der Waals surface area contributed by atoms with Gasteiger partial charge in [-0.05, 0) is 43.4 Å². The molecule has 0 aliphatic carbocycles. The van der Waals surface area contributed by atoms with Gasteiger partial charge in [0.15, 0.2) is 11.4 Å². The van der Waals surface area contributed by atoms with Crippen LogP contribution < -0.4 is 10.7 Å². The minimum absolute atomic E-state index is 0.123. The summed E-state index contributed by atoms with van der Waals surface area (Å²) in [5.41, 5.74) is -1.42.